The van der Waals surface area contributed by atoms with Gasteiger partial charge in [0.05, 0.1) is 19.3 Å². The van der Waals surface area contributed by atoms with E-state index in [1.165, 1.54) is 11.8 Å². The van der Waals surface area contributed by atoms with E-state index in [0.29, 0.717) is 35.4 Å². The van der Waals surface area contributed by atoms with Crippen molar-refractivity contribution in [2.24, 2.45) is 0 Å². The second kappa shape index (κ2) is 10.0. The highest BCUT2D eigenvalue weighted by Crippen LogP contribution is 2.29. The quantitative estimate of drug-likeness (QED) is 0.248. The maximum atomic E-state index is 12.4. The van der Waals surface area contributed by atoms with Gasteiger partial charge in [-0.2, -0.15) is 5.10 Å². The minimum Gasteiger partial charge on any atom is -0.395 e. The first-order valence-corrected chi connectivity index (χ1v) is 12.0. The van der Waals surface area contributed by atoms with Crippen LogP contribution >= 0.6 is 11.8 Å². The van der Waals surface area contributed by atoms with Crippen LogP contribution in [0.2, 0.25) is 0 Å². The van der Waals surface area contributed by atoms with E-state index in [9.17, 15) is 15.0 Å². The van der Waals surface area contributed by atoms with Crippen LogP contribution in [0.5, 0.6) is 0 Å². The molecule has 2 unspecified atom stereocenters. The number of nitrogens with zero attached hydrogens (tertiary/aromatic N) is 5. The number of likely N-dealkylation sites (tertiary alicyclic amines) is 1. The first-order valence-electron chi connectivity index (χ1n) is 11.2. The number of hydrogen-bond acceptors (Lipinski definition) is 9. The fourth-order valence-corrected chi connectivity index (χ4v) is 4.84. The molecule has 2 atom stereocenters. The summed E-state index contributed by atoms with van der Waals surface area (Å²) in [6.45, 7) is 2.36. The number of aryl methyl sites for hydroxylation is 1. The monoisotopic (exact) mass is 494 g/mol. The molecule has 5 rings (SSSR count). The van der Waals surface area contributed by atoms with Crippen molar-refractivity contribution in [3.8, 4) is 0 Å². The second-order valence-corrected chi connectivity index (χ2v) is 9.51. The third-order valence-electron chi connectivity index (χ3n) is 5.73. The van der Waals surface area contributed by atoms with Gasteiger partial charge in [-0.1, -0.05) is 0 Å². The molecule has 5 N–H and O–H groups in total. The topological polar surface area (TPSA) is 144 Å². The van der Waals surface area contributed by atoms with Crippen LogP contribution in [0.25, 0.3) is 5.52 Å². The lowest BCUT2D eigenvalue weighted by molar-refractivity contribution is -0.117. The summed E-state index contributed by atoms with van der Waals surface area (Å²) < 4.78 is 1.76. The van der Waals surface area contributed by atoms with Crippen molar-refractivity contribution in [3.05, 3.63) is 54.4 Å². The molecule has 182 valence electrons. The molecule has 11 nitrogen and oxygen atoms in total. The molecular formula is C23H26N8O3S. The lowest BCUT2D eigenvalue weighted by Gasteiger charge is -2.21. The van der Waals surface area contributed by atoms with Gasteiger partial charge in [0, 0.05) is 41.1 Å². The number of carbonyl (C=O) groups excluding carboxylic acids is 1. The number of aliphatic hydroxyl groups is 2. The summed E-state index contributed by atoms with van der Waals surface area (Å²) >= 11 is 1.41. The molecule has 1 aliphatic rings. The first-order chi connectivity index (χ1) is 17.0. The van der Waals surface area contributed by atoms with E-state index in [1.807, 2.05) is 55.6 Å². The van der Waals surface area contributed by atoms with E-state index < -0.39 is 6.10 Å². The zero-order chi connectivity index (χ0) is 24.4. The zero-order valence-corrected chi connectivity index (χ0v) is 19.9. The third kappa shape index (κ3) is 5.46. The second-order valence-electron chi connectivity index (χ2n) is 8.47. The Kier molecular flexibility index (Phi) is 6.68. The predicted molar refractivity (Wildman–Crippen MR) is 132 cm³/mol. The van der Waals surface area contributed by atoms with Crippen LogP contribution < -0.4 is 10.6 Å². The maximum Gasteiger partial charge on any atom is 0.238 e. The highest BCUT2D eigenvalue weighted by molar-refractivity contribution is 7.99. The molecule has 4 heterocycles. The van der Waals surface area contributed by atoms with Crippen LogP contribution in [-0.2, 0) is 4.79 Å². The number of hydrogen-bond donors (Lipinski definition) is 5. The van der Waals surface area contributed by atoms with Crippen LogP contribution in [-0.4, -0.2) is 77.7 Å². The van der Waals surface area contributed by atoms with E-state index in [4.69, 9.17) is 0 Å². The van der Waals surface area contributed by atoms with Gasteiger partial charge in [-0.05, 0) is 61.5 Å². The first kappa shape index (κ1) is 23.3. The summed E-state index contributed by atoms with van der Waals surface area (Å²) in [6, 6.07) is 13.0. The average molecular weight is 495 g/mol. The number of amides is 1. The Morgan fingerprint density at radius 2 is 2.11 bits per heavy atom. The van der Waals surface area contributed by atoms with Gasteiger partial charge in [0.25, 0.3) is 0 Å². The molecule has 1 fully saturated rings. The molecule has 12 heteroatoms. The van der Waals surface area contributed by atoms with Crippen molar-refractivity contribution in [2.75, 3.05) is 30.3 Å². The Morgan fingerprint density at radius 3 is 2.86 bits per heavy atom. The minimum absolute atomic E-state index is 0.0777. The molecule has 3 aromatic heterocycles. The summed E-state index contributed by atoms with van der Waals surface area (Å²) in [5, 5.41) is 37.6. The lowest BCUT2D eigenvalue weighted by atomic mass is 10.2. The van der Waals surface area contributed by atoms with Crippen molar-refractivity contribution in [1.29, 1.82) is 0 Å². The fraction of sp³-hybridized carbons (Fsp3) is 0.304. The number of anilines is 3. The number of carbonyl (C=O) groups is 1. The van der Waals surface area contributed by atoms with Gasteiger partial charge in [0.1, 0.15) is 5.52 Å². The number of fused-ring (bicyclic) bond motifs is 1. The molecule has 0 spiro atoms. The van der Waals surface area contributed by atoms with Gasteiger partial charge < -0.3 is 20.8 Å². The normalized spacial score (nSPS) is 18.3. The number of aromatic amines is 1. The van der Waals surface area contributed by atoms with Crippen molar-refractivity contribution in [1.82, 2.24) is 29.7 Å². The smallest absolute Gasteiger partial charge is 0.238 e. The van der Waals surface area contributed by atoms with Crippen molar-refractivity contribution in [3.63, 3.8) is 0 Å². The standard InChI is InChI=1S/C23H26N8O3S/c1-14-9-20(28-27-14)25-22-19-3-2-8-31(19)29-23(26-22)35-18-6-4-15(5-7-18)24-21(34)12-30-11-17(33)10-16(30)13-32/h2-9,16-17,32-33H,10-13H2,1H3,(H,24,34)(H2,25,26,27,28,29). The Hall–Kier alpha value is -3.45. The molecule has 0 saturated carbocycles. The Bertz CT molecular complexity index is 1320. The van der Waals surface area contributed by atoms with Gasteiger partial charge in [-0.25, -0.2) is 9.50 Å². The molecule has 0 radical (unpaired) electrons. The molecular weight excluding hydrogens is 468 g/mol. The number of rotatable bonds is 8. The third-order valence-corrected chi connectivity index (χ3v) is 6.60. The summed E-state index contributed by atoms with van der Waals surface area (Å²) in [6.07, 6.45) is 1.83. The fourth-order valence-electron chi connectivity index (χ4n) is 4.09. The highest BCUT2D eigenvalue weighted by atomic mass is 32.2. The largest absolute Gasteiger partial charge is 0.395 e. The Labute approximate surface area is 205 Å². The number of aliphatic hydroxyl groups excluding tert-OH is 2. The molecule has 0 bridgehead atoms. The molecule has 4 aromatic rings. The van der Waals surface area contributed by atoms with Crippen molar-refractivity contribution < 1.29 is 15.0 Å². The Balaban J connectivity index is 1.24. The lowest BCUT2D eigenvalue weighted by Crippen LogP contribution is -2.38. The minimum atomic E-state index is -0.511. The van der Waals surface area contributed by atoms with Crippen LogP contribution in [0.15, 0.2) is 58.7 Å². The molecule has 1 aliphatic heterocycles. The van der Waals surface area contributed by atoms with Crippen LogP contribution in [0, 0.1) is 6.92 Å². The highest BCUT2D eigenvalue weighted by Gasteiger charge is 2.31. The maximum absolute atomic E-state index is 12.4. The van der Waals surface area contributed by atoms with Gasteiger partial charge in [-0.3, -0.25) is 14.8 Å². The van der Waals surface area contributed by atoms with Gasteiger partial charge in [0.15, 0.2) is 11.6 Å². The number of H-pyrrole nitrogens is 1. The van der Waals surface area contributed by atoms with Crippen molar-refractivity contribution in [2.45, 2.75) is 35.5 Å². The molecule has 0 aliphatic carbocycles. The molecule has 1 amide bonds. The van der Waals surface area contributed by atoms with Crippen LogP contribution in [0.4, 0.5) is 17.3 Å². The average Bonchev–Trinajstić information content (AvgIpc) is 3.55. The van der Waals surface area contributed by atoms with Crippen LogP contribution in [0.3, 0.4) is 0 Å². The number of aromatic nitrogens is 5. The van der Waals surface area contributed by atoms with E-state index in [1.54, 1.807) is 9.42 Å². The molecule has 1 saturated heterocycles. The molecule has 35 heavy (non-hydrogen) atoms. The van der Waals surface area contributed by atoms with Gasteiger partial charge in [0.2, 0.25) is 11.1 Å². The van der Waals surface area contributed by atoms with Crippen molar-refractivity contribution >= 4 is 40.5 Å². The van der Waals surface area contributed by atoms with E-state index >= 15 is 0 Å². The summed E-state index contributed by atoms with van der Waals surface area (Å²) in [7, 11) is 0. The number of β-amino-alcohol motifs (C(OH)–C–C–N with tert-alkyl or cyclic N) is 1. The number of benzene rings is 1. The summed E-state index contributed by atoms with van der Waals surface area (Å²) in [5.74, 6) is 1.13. The van der Waals surface area contributed by atoms with Gasteiger partial charge in [-0.15, -0.1) is 5.10 Å². The summed E-state index contributed by atoms with van der Waals surface area (Å²) in [4.78, 5) is 19.8. The predicted octanol–water partition coefficient (Wildman–Crippen LogP) is 2.02. The summed E-state index contributed by atoms with van der Waals surface area (Å²) in [5.41, 5.74) is 2.45. The van der Waals surface area contributed by atoms with E-state index in [0.717, 1.165) is 16.1 Å². The number of nitrogens with one attached hydrogen (secondary N) is 3. The van der Waals surface area contributed by atoms with Crippen LogP contribution in [0.1, 0.15) is 12.1 Å². The SMILES string of the molecule is Cc1cc(Nc2nc(Sc3ccc(NC(=O)CN4CC(O)CC4CO)cc3)nn3cccc23)n[nH]1. The molecule has 1 aromatic carbocycles. The zero-order valence-electron chi connectivity index (χ0n) is 19.0. The van der Waals surface area contributed by atoms with E-state index in [-0.39, 0.29) is 25.1 Å². The van der Waals surface area contributed by atoms with Gasteiger partial charge >= 0.3 is 0 Å². The Morgan fingerprint density at radius 1 is 1.29 bits per heavy atom. The van der Waals surface area contributed by atoms with E-state index in [2.05, 4.69) is 30.9 Å².